The van der Waals surface area contributed by atoms with Crippen molar-refractivity contribution in [2.75, 3.05) is 11.9 Å². The van der Waals surface area contributed by atoms with E-state index in [0.717, 1.165) is 51.0 Å². The van der Waals surface area contributed by atoms with Crippen LogP contribution in [0.4, 0.5) is 5.95 Å². The second-order valence-electron chi connectivity index (χ2n) is 5.39. The van der Waals surface area contributed by atoms with Crippen LogP contribution in [0.15, 0.2) is 12.4 Å². The van der Waals surface area contributed by atoms with Crippen molar-refractivity contribution in [3.63, 3.8) is 0 Å². The van der Waals surface area contributed by atoms with Crippen molar-refractivity contribution in [2.24, 2.45) is 5.41 Å². The molecule has 1 aliphatic rings. The van der Waals surface area contributed by atoms with E-state index in [1.807, 2.05) is 17.7 Å². The maximum absolute atomic E-state index is 11.7. The van der Waals surface area contributed by atoms with Crippen LogP contribution in [0.1, 0.15) is 45.4 Å². The fourth-order valence-electron chi connectivity index (χ4n) is 2.85. The maximum atomic E-state index is 11.7. The van der Waals surface area contributed by atoms with Crippen LogP contribution in [0.25, 0.3) is 0 Å². The Morgan fingerprint density at radius 1 is 1.42 bits per heavy atom. The number of imidazole rings is 1. The van der Waals surface area contributed by atoms with E-state index in [0.29, 0.717) is 6.54 Å². The molecule has 1 aromatic rings. The number of nitrogens with zero attached hydrogens (tertiary/aromatic N) is 2. The molecule has 0 spiro atoms. The van der Waals surface area contributed by atoms with Crippen molar-refractivity contribution in [3.05, 3.63) is 12.4 Å². The minimum atomic E-state index is -0.670. The Kier molecular flexibility index (Phi) is 4.45. The van der Waals surface area contributed by atoms with Crippen molar-refractivity contribution in [2.45, 2.75) is 52.0 Å². The summed E-state index contributed by atoms with van der Waals surface area (Å²) in [6.45, 7) is 3.35. The van der Waals surface area contributed by atoms with E-state index in [4.69, 9.17) is 0 Å². The first kappa shape index (κ1) is 13.9. The third-order valence-electron chi connectivity index (χ3n) is 4.16. The van der Waals surface area contributed by atoms with Gasteiger partial charge in [-0.3, -0.25) is 4.79 Å². The number of carboxylic acid groups (broad SMARTS) is 1. The second-order valence-corrected chi connectivity index (χ2v) is 5.39. The first-order valence-electron chi connectivity index (χ1n) is 7.16. The molecule has 106 valence electrons. The van der Waals surface area contributed by atoms with Gasteiger partial charge in [-0.15, -0.1) is 0 Å². The summed E-state index contributed by atoms with van der Waals surface area (Å²) in [5, 5.41) is 12.8. The number of anilines is 1. The van der Waals surface area contributed by atoms with Gasteiger partial charge in [0.2, 0.25) is 5.95 Å². The highest BCUT2D eigenvalue weighted by atomic mass is 16.4. The molecule has 0 aromatic carbocycles. The van der Waals surface area contributed by atoms with Crippen molar-refractivity contribution < 1.29 is 9.90 Å². The van der Waals surface area contributed by atoms with Gasteiger partial charge in [-0.1, -0.05) is 25.7 Å². The van der Waals surface area contributed by atoms with Crippen molar-refractivity contribution in [3.8, 4) is 0 Å². The first-order chi connectivity index (χ1) is 9.18. The Morgan fingerprint density at radius 2 is 2.11 bits per heavy atom. The molecular formula is C14H23N3O2. The molecule has 0 aliphatic heterocycles. The third-order valence-corrected chi connectivity index (χ3v) is 4.16. The summed E-state index contributed by atoms with van der Waals surface area (Å²) in [6, 6.07) is 0. The molecule has 1 fully saturated rings. The number of aryl methyl sites for hydroxylation is 1. The zero-order valence-electron chi connectivity index (χ0n) is 11.6. The molecule has 0 amide bonds. The van der Waals surface area contributed by atoms with Gasteiger partial charge in [-0.25, -0.2) is 4.98 Å². The quantitative estimate of drug-likeness (QED) is 0.803. The molecule has 1 saturated carbocycles. The van der Waals surface area contributed by atoms with Gasteiger partial charge in [0, 0.05) is 25.5 Å². The van der Waals surface area contributed by atoms with Gasteiger partial charge in [0.1, 0.15) is 0 Å². The highest BCUT2D eigenvalue weighted by Crippen LogP contribution is 2.35. The van der Waals surface area contributed by atoms with Crippen molar-refractivity contribution >= 4 is 11.9 Å². The normalized spacial score (nSPS) is 18.8. The second kappa shape index (κ2) is 6.08. The smallest absolute Gasteiger partial charge is 0.311 e. The zero-order chi connectivity index (χ0) is 13.7. The number of aromatic nitrogens is 2. The number of carbonyl (C=O) groups is 1. The predicted octanol–water partition coefficient (Wildman–Crippen LogP) is 2.74. The summed E-state index contributed by atoms with van der Waals surface area (Å²) in [7, 11) is 0. The van der Waals surface area contributed by atoms with Gasteiger partial charge in [0.25, 0.3) is 0 Å². The maximum Gasteiger partial charge on any atom is 0.311 e. The number of hydrogen-bond donors (Lipinski definition) is 2. The van der Waals surface area contributed by atoms with Crippen molar-refractivity contribution in [1.82, 2.24) is 9.55 Å². The SMILES string of the molecule is CCn1ccnc1NCC1(C(=O)O)CCCCCC1. The fraction of sp³-hybridized carbons (Fsp3) is 0.714. The Morgan fingerprint density at radius 3 is 2.68 bits per heavy atom. The molecule has 5 heteroatoms. The Balaban J connectivity index is 2.06. The lowest BCUT2D eigenvalue weighted by molar-refractivity contribution is -0.149. The van der Waals surface area contributed by atoms with Gasteiger partial charge in [0.15, 0.2) is 0 Å². The predicted molar refractivity (Wildman–Crippen MR) is 74.2 cm³/mol. The Bertz CT molecular complexity index is 420. The minimum Gasteiger partial charge on any atom is -0.481 e. The van der Waals surface area contributed by atoms with Crippen LogP contribution < -0.4 is 5.32 Å². The van der Waals surface area contributed by atoms with E-state index in [1.54, 1.807) is 6.20 Å². The molecule has 0 unspecified atom stereocenters. The number of hydrogen-bond acceptors (Lipinski definition) is 3. The standard InChI is InChI=1S/C14H23N3O2/c1-2-17-10-9-15-13(17)16-11-14(12(18)19)7-5-3-4-6-8-14/h9-10H,2-8,11H2,1H3,(H,15,16)(H,18,19). The van der Waals surface area contributed by atoms with E-state index < -0.39 is 11.4 Å². The summed E-state index contributed by atoms with van der Waals surface area (Å²) in [5.74, 6) is 0.101. The zero-order valence-corrected chi connectivity index (χ0v) is 11.6. The van der Waals surface area contributed by atoms with E-state index in [2.05, 4.69) is 10.3 Å². The molecule has 5 nitrogen and oxygen atoms in total. The molecular weight excluding hydrogens is 242 g/mol. The number of nitrogens with one attached hydrogen (secondary N) is 1. The molecule has 1 heterocycles. The van der Waals surface area contributed by atoms with Crippen LogP contribution in [0, 0.1) is 5.41 Å². The van der Waals surface area contributed by atoms with Gasteiger partial charge < -0.3 is 15.0 Å². The molecule has 0 radical (unpaired) electrons. The summed E-state index contributed by atoms with van der Waals surface area (Å²) in [4.78, 5) is 15.9. The average molecular weight is 265 g/mol. The molecule has 0 saturated heterocycles. The fourth-order valence-corrected chi connectivity index (χ4v) is 2.85. The Hall–Kier alpha value is -1.52. The van der Waals surface area contributed by atoms with E-state index >= 15 is 0 Å². The molecule has 2 N–H and O–H groups in total. The van der Waals surface area contributed by atoms with Crippen LogP contribution in [-0.2, 0) is 11.3 Å². The summed E-state index contributed by atoms with van der Waals surface area (Å²) >= 11 is 0. The summed E-state index contributed by atoms with van der Waals surface area (Å²) in [6.07, 6.45) is 9.50. The van der Waals surface area contributed by atoms with Gasteiger partial charge in [-0.05, 0) is 19.8 Å². The first-order valence-corrected chi connectivity index (χ1v) is 7.16. The number of aliphatic carboxylic acids is 1. The molecule has 0 bridgehead atoms. The van der Waals surface area contributed by atoms with Crippen molar-refractivity contribution in [1.29, 1.82) is 0 Å². The summed E-state index contributed by atoms with van der Waals surface area (Å²) in [5.41, 5.74) is -0.624. The number of rotatable bonds is 5. The van der Waals surface area contributed by atoms with E-state index in [1.165, 1.54) is 0 Å². The van der Waals surface area contributed by atoms with Crippen LogP contribution in [0.3, 0.4) is 0 Å². The van der Waals surface area contributed by atoms with Gasteiger partial charge in [-0.2, -0.15) is 0 Å². The number of carboxylic acids is 1. The summed E-state index contributed by atoms with van der Waals surface area (Å²) < 4.78 is 1.99. The monoisotopic (exact) mass is 265 g/mol. The van der Waals surface area contributed by atoms with Crippen LogP contribution in [0.5, 0.6) is 0 Å². The lowest BCUT2D eigenvalue weighted by atomic mass is 9.80. The lowest BCUT2D eigenvalue weighted by Crippen LogP contribution is -2.38. The van der Waals surface area contributed by atoms with Gasteiger partial charge in [0.05, 0.1) is 5.41 Å². The molecule has 1 aromatic heterocycles. The van der Waals surface area contributed by atoms with Gasteiger partial charge >= 0.3 is 5.97 Å². The molecule has 19 heavy (non-hydrogen) atoms. The molecule has 0 atom stereocenters. The van der Waals surface area contributed by atoms with Crippen LogP contribution in [-0.4, -0.2) is 27.2 Å². The van der Waals surface area contributed by atoms with E-state index in [9.17, 15) is 9.90 Å². The van der Waals surface area contributed by atoms with Crippen LogP contribution in [0.2, 0.25) is 0 Å². The third kappa shape index (κ3) is 3.08. The highest BCUT2D eigenvalue weighted by Gasteiger charge is 2.38. The molecule has 1 aliphatic carbocycles. The molecule has 2 rings (SSSR count). The minimum absolute atomic E-state index is 0.472. The topological polar surface area (TPSA) is 67.2 Å². The lowest BCUT2D eigenvalue weighted by Gasteiger charge is -2.28. The van der Waals surface area contributed by atoms with E-state index in [-0.39, 0.29) is 0 Å². The largest absolute Gasteiger partial charge is 0.481 e. The highest BCUT2D eigenvalue weighted by molar-refractivity contribution is 5.75. The van der Waals surface area contributed by atoms with Crippen LogP contribution >= 0.6 is 0 Å². The average Bonchev–Trinajstić information content (AvgIpc) is 2.72. The Labute approximate surface area is 114 Å².